The summed E-state index contributed by atoms with van der Waals surface area (Å²) >= 11 is 0. The molecule has 0 fully saturated rings. The van der Waals surface area contributed by atoms with Gasteiger partial charge in [0.2, 0.25) is 0 Å². The van der Waals surface area contributed by atoms with Gasteiger partial charge >= 0.3 is 0 Å². The predicted molar refractivity (Wildman–Crippen MR) is 48.7 cm³/mol. The van der Waals surface area contributed by atoms with Gasteiger partial charge in [0.15, 0.2) is 0 Å². The highest BCUT2D eigenvalue weighted by molar-refractivity contribution is 5.64. The molecule has 0 heterocycles. The molecule has 0 saturated heterocycles. The topological polar surface area (TPSA) is 57.5 Å². The summed E-state index contributed by atoms with van der Waals surface area (Å²) in [6, 6.07) is 4.53. The van der Waals surface area contributed by atoms with Crippen LogP contribution in [-0.4, -0.2) is 16.5 Å². The normalized spacial score (nSPS) is 10.5. The van der Waals surface area contributed by atoms with Gasteiger partial charge in [0, 0.05) is 5.56 Å². The maximum Gasteiger partial charge on any atom is 0.142 e. The van der Waals surface area contributed by atoms with Gasteiger partial charge in [0.25, 0.3) is 0 Å². The number of phenolic OH excluding ortho intramolecular Hbond substituents is 2. The van der Waals surface area contributed by atoms with Gasteiger partial charge in [-0.3, -0.25) is 4.79 Å². The summed E-state index contributed by atoms with van der Waals surface area (Å²) in [5.41, 5.74) is 0.431. The molecule has 1 rings (SSSR count). The zero-order valence-electron chi connectivity index (χ0n) is 6.97. The van der Waals surface area contributed by atoms with Crippen molar-refractivity contribution in [2.24, 2.45) is 0 Å². The Morgan fingerprint density at radius 2 is 1.85 bits per heavy atom. The quantitative estimate of drug-likeness (QED) is 0.543. The van der Waals surface area contributed by atoms with Gasteiger partial charge in [-0.25, -0.2) is 0 Å². The van der Waals surface area contributed by atoms with E-state index in [1.165, 1.54) is 18.2 Å². The smallest absolute Gasteiger partial charge is 0.142 e. The molecule has 0 spiro atoms. The zero-order chi connectivity index (χ0) is 9.68. The van der Waals surface area contributed by atoms with E-state index in [4.69, 9.17) is 0 Å². The van der Waals surface area contributed by atoms with Crippen molar-refractivity contribution in [2.45, 2.75) is 6.42 Å². The Morgan fingerprint density at radius 3 is 2.38 bits per heavy atom. The molecule has 0 aliphatic carbocycles. The molecule has 0 unspecified atom stereocenters. The summed E-state index contributed by atoms with van der Waals surface area (Å²) < 4.78 is 0. The van der Waals surface area contributed by atoms with Gasteiger partial charge < -0.3 is 10.2 Å². The first-order valence-corrected chi connectivity index (χ1v) is 3.86. The maximum atomic E-state index is 9.95. The van der Waals surface area contributed by atoms with Gasteiger partial charge in [-0.15, -0.1) is 0 Å². The fourth-order valence-electron chi connectivity index (χ4n) is 1.01. The van der Waals surface area contributed by atoms with Crippen LogP contribution in [0.3, 0.4) is 0 Å². The molecular weight excluding hydrogens is 168 g/mol. The average Bonchev–Trinajstić information content (AvgIpc) is 2.10. The Morgan fingerprint density at radius 1 is 1.23 bits per heavy atom. The van der Waals surface area contributed by atoms with Crippen LogP contribution in [0.25, 0.3) is 0 Å². The highest BCUT2D eigenvalue weighted by Gasteiger charge is 2.03. The highest BCUT2D eigenvalue weighted by Crippen LogP contribution is 2.26. The average molecular weight is 178 g/mol. The Labute approximate surface area is 76.0 Å². The standard InChI is InChI=1S/C10H10O3/c11-7-2-1-4-8-9(12)5-3-6-10(8)13/h1-3,5-7,12-13H,4H2. The van der Waals surface area contributed by atoms with E-state index in [9.17, 15) is 15.0 Å². The molecule has 1 aromatic carbocycles. The van der Waals surface area contributed by atoms with E-state index >= 15 is 0 Å². The third kappa shape index (κ3) is 2.33. The molecule has 0 aliphatic rings. The van der Waals surface area contributed by atoms with Gasteiger partial charge in [0.1, 0.15) is 17.8 Å². The van der Waals surface area contributed by atoms with E-state index in [0.717, 1.165) is 0 Å². The second-order valence-electron chi connectivity index (χ2n) is 2.54. The molecule has 13 heavy (non-hydrogen) atoms. The second-order valence-corrected chi connectivity index (χ2v) is 2.54. The van der Waals surface area contributed by atoms with E-state index in [-0.39, 0.29) is 11.5 Å². The Kier molecular flexibility index (Phi) is 3.09. The fraction of sp³-hybridized carbons (Fsp3) is 0.100. The zero-order valence-corrected chi connectivity index (χ0v) is 6.97. The lowest BCUT2D eigenvalue weighted by Crippen LogP contribution is -1.83. The molecule has 0 saturated carbocycles. The van der Waals surface area contributed by atoms with Crippen molar-refractivity contribution >= 4 is 6.29 Å². The van der Waals surface area contributed by atoms with Gasteiger partial charge in [-0.05, 0) is 24.6 Å². The van der Waals surface area contributed by atoms with Crippen molar-refractivity contribution in [1.29, 1.82) is 0 Å². The first-order valence-electron chi connectivity index (χ1n) is 3.86. The number of hydrogen-bond donors (Lipinski definition) is 2. The van der Waals surface area contributed by atoms with Crippen molar-refractivity contribution in [3.05, 3.63) is 35.9 Å². The van der Waals surface area contributed by atoms with Gasteiger partial charge in [-0.2, -0.15) is 0 Å². The third-order valence-corrected chi connectivity index (χ3v) is 1.66. The second kappa shape index (κ2) is 4.30. The molecular formula is C10H10O3. The molecule has 0 aliphatic heterocycles. The number of aldehydes is 1. The highest BCUT2D eigenvalue weighted by atomic mass is 16.3. The third-order valence-electron chi connectivity index (χ3n) is 1.66. The number of aromatic hydroxyl groups is 2. The molecule has 0 radical (unpaired) electrons. The van der Waals surface area contributed by atoms with E-state index in [2.05, 4.69) is 0 Å². The Hall–Kier alpha value is -1.77. The molecule has 3 heteroatoms. The molecule has 0 aromatic heterocycles. The molecule has 2 N–H and O–H groups in total. The van der Waals surface area contributed by atoms with Crippen LogP contribution in [0.5, 0.6) is 11.5 Å². The maximum absolute atomic E-state index is 9.95. The number of carbonyl (C=O) groups is 1. The van der Waals surface area contributed by atoms with E-state index in [0.29, 0.717) is 18.3 Å². The van der Waals surface area contributed by atoms with Crippen molar-refractivity contribution in [2.75, 3.05) is 0 Å². The fourth-order valence-corrected chi connectivity index (χ4v) is 1.01. The van der Waals surface area contributed by atoms with Gasteiger partial charge in [-0.1, -0.05) is 12.1 Å². The van der Waals surface area contributed by atoms with E-state index < -0.39 is 0 Å². The number of hydrogen-bond acceptors (Lipinski definition) is 3. The summed E-state index contributed by atoms with van der Waals surface area (Å²) in [4.78, 5) is 9.95. The number of carbonyl (C=O) groups excluding carboxylic acids is 1. The van der Waals surface area contributed by atoms with Crippen LogP contribution in [0.1, 0.15) is 5.56 Å². The van der Waals surface area contributed by atoms with E-state index in [1.807, 2.05) is 0 Å². The minimum atomic E-state index is 0.0375. The SMILES string of the molecule is O=CC=CCc1c(O)cccc1O. The van der Waals surface area contributed by atoms with Crippen LogP contribution in [-0.2, 0) is 11.2 Å². The lowest BCUT2D eigenvalue weighted by molar-refractivity contribution is -0.104. The molecule has 0 atom stereocenters. The molecule has 1 aromatic rings. The van der Waals surface area contributed by atoms with Gasteiger partial charge in [0.05, 0.1) is 0 Å². The molecule has 0 amide bonds. The first-order chi connectivity index (χ1) is 6.25. The van der Waals surface area contributed by atoms with Crippen LogP contribution in [0, 0.1) is 0 Å². The number of benzene rings is 1. The van der Waals surface area contributed by atoms with Crippen LogP contribution >= 0.6 is 0 Å². The summed E-state index contributed by atoms with van der Waals surface area (Å²) in [7, 11) is 0. The Bertz CT molecular complexity index is 309. The Balaban J connectivity index is 2.86. The minimum absolute atomic E-state index is 0.0375. The monoisotopic (exact) mass is 178 g/mol. The largest absolute Gasteiger partial charge is 0.508 e. The summed E-state index contributed by atoms with van der Waals surface area (Å²) in [6.07, 6.45) is 3.89. The molecule has 0 bridgehead atoms. The van der Waals surface area contributed by atoms with Crippen molar-refractivity contribution in [1.82, 2.24) is 0 Å². The molecule has 3 nitrogen and oxygen atoms in total. The predicted octanol–water partition coefficient (Wildman–Crippen LogP) is 1.40. The van der Waals surface area contributed by atoms with E-state index in [1.54, 1.807) is 12.1 Å². The lowest BCUT2D eigenvalue weighted by Gasteiger charge is -2.02. The van der Waals surface area contributed by atoms with Crippen LogP contribution in [0.4, 0.5) is 0 Å². The van der Waals surface area contributed by atoms with Crippen molar-refractivity contribution in [3.8, 4) is 11.5 Å². The van der Waals surface area contributed by atoms with Crippen molar-refractivity contribution < 1.29 is 15.0 Å². The van der Waals surface area contributed by atoms with Crippen LogP contribution in [0.15, 0.2) is 30.4 Å². The first kappa shape index (κ1) is 9.32. The lowest BCUT2D eigenvalue weighted by atomic mass is 10.1. The van der Waals surface area contributed by atoms with Crippen molar-refractivity contribution in [3.63, 3.8) is 0 Å². The molecule has 68 valence electrons. The minimum Gasteiger partial charge on any atom is -0.508 e. The number of phenols is 2. The number of allylic oxidation sites excluding steroid dienone is 2. The van der Waals surface area contributed by atoms with Crippen LogP contribution < -0.4 is 0 Å². The summed E-state index contributed by atoms with van der Waals surface area (Å²) in [5, 5.41) is 18.6. The number of rotatable bonds is 3. The van der Waals surface area contributed by atoms with Crippen LogP contribution in [0.2, 0.25) is 0 Å². The summed E-state index contributed by atoms with van der Waals surface area (Å²) in [5.74, 6) is 0.0751. The summed E-state index contributed by atoms with van der Waals surface area (Å²) in [6.45, 7) is 0.